The lowest BCUT2D eigenvalue weighted by atomic mass is 10.1. The number of nitrogens with zero attached hydrogens (tertiary/aromatic N) is 3. The molecule has 2 fully saturated rings. The molecule has 0 radical (unpaired) electrons. The Morgan fingerprint density at radius 1 is 1.43 bits per heavy atom. The standard InChI is InChI=1S/C16H24N4O3/c1-11(12-4-5-12)20-13(6-7-17-20)18-14(21)15(22)19-8-9-23-16(2,3)10-19/h6-7,11-12H,4-5,8-10H2,1-3H3,(H,18,21)/t11-/m0/s1. The van der Waals surface area contributed by atoms with Crippen molar-refractivity contribution >= 4 is 17.6 Å². The zero-order valence-corrected chi connectivity index (χ0v) is 13.9. The summed E-state index contributed by atoms with van der Waals surface area (Å²) < 4.78 is 7.37. The summed E-state index contributed by atoms with van der Waals surface area (Å²) in [6, 6.07) is 1.96. The Bertz CT molecular complexity index is 606. The summed E-state index contributed by atoms with van der Waals surface area (Å²) in [7, 11) is 0. The molecule has 0 bridgehead atoms. The highest BCUT2D eigenvalue weighted by molar-refractivity contribution is 6.39. The second kappa shape index (κ2) is 5.96. The van der Waals surface area contributed by atoms with Crippen molar-refractivity contribution in [3.05, 3.63) is 12.3 Å². The second-order valence-corrected chi connectivity index (χ2v) is 7.03. The third-order valence-corrected chi connectivity index (χ3v) is 4.51. The van der Waals surface area contributed by atoms with Crippen LogP contribution < -0.4 is 5.32 Å². The van der Waals surface area contributed by atoms with Crippen molar-refractivity contribution in [1.29, 1.82) is 0 Å². The summed E-state index contributed by atoms with van der Waals surface area (Å²) in [5.74, 6) is 0.0530. The third kappa shape index (κ3) is 3.55. The lowest BCUT2D eigenvalue weighted by Crippen LogP contribution is -2.53. The molecule has 126 valence electrons. The van der Waals surface area contributed by atoms with Gasteiger partial charge in [0.15, 0.2) is 0 Å². The summed E-state index contributed by atoms with van der Waals surface area (Å²) in [6.07, 6.45) is 4.03. The predicted molar refractivity (Wildman–Crippen MR) is 84.9 cm³/mol. The molecule has 7 heteroatoms. The van der Waals surface area contributed by atoms with Crippen LogP contribution in [0.25, 0.3) is 0 Å². The number of hydrogen-bond donors (Lipinski definition) is 1. The van der Waals surface area contributed by atoms with Gasteiger partial charge in [-0.25, -0.2) is 4.68 Å². The maximum Gasteiger partial charge on any atom is 0.315 e. The molecule has 1 aromatic rings. The number of hydrogen-bond acceptors (Lipinski definition) is 4. The van der Waals surface area contributed by atoms with Gasteiger partial charge in [-0.3, -0.25) is 9.59 Å². The Kier molecular flexibility index (Phi) is 4.14. The summed E-state index contributed by atoms with van der Waals surface area (Å²) >= 11 is 0. The average molecular weight is 320 g/mol. The summed E-state index contributed by atoms with van der Waals surface area (Å²) in [6.45, 7) is 7.22. The summed E-state index contributed by atoms with van der Waals surface area (Å²) in [5, 5.41) is 6.99. The number of amides is 2. The van der Waals surface area contributed by atoms with E-state index in [2.05, 4.69) is 17.3 Å². The molecule has 1 atom stereocenters. The first-order chi connectivity index (χ1) is 10.9. The Hall–Kier alpha value is -1.89. The molecule has 1 aliphatic carbocycles. The molecule has 1 aliphatic heterocycles. The Balaban J connectivity index is 1.65. The van der Waals surface area contributed by atoms with Gasteiger partial charge in [-0.15, -0.1) is 0 Å². The van der Waals surface area contributed by atoms with E-state index in [-0.39, 0.29) is 6.04 Å². The first-order valence-corrected chi connectivity index (χ1v) is 8.15. The number of morpholine rings is 1. The van der Waals surface area contributed by atoms with Crippen LogP contribution in [0.3, 0.4) is 0 Å². The number of rotatable bonds is 3. The molecule has 1 saturated carbocycles. The molecule has 2 amide bonds. The van der Waals surface area contributed by atoms with Crippen LogP contribution in [0.5, 0.6) is 0 Å². The molecule has 0 unspecified atom stereocenters. The van der Waals surface area contributed by atoms with Crippen LogP contribution in [0.4, 0.5) is 5.82 Å². The molecule has 1 N–H and O–H groups in total. The maximum atomic E-state index is 12.4. The second-order valence-electron chi connectivity index (χ2n) is 7.03. The van der Waals surface area contributed by atoms with Gasteiger partial charge in [-0.1, -0.05) is 0 Å². The highest BCUT2D eigenvalue weighted by Crippen LogP contribution is 2.40. The number of aromatic nitrogens is 2. The van der Waals surface area contributed by atoms with Crippen molar-refractivity contribution < 1.29 is 14.3 Å². The quantitative estimate of drug-likeness (QED) is 0.855. The van der Waals surface area contributed by atoms with E-state index in [4.69, 9.17) is 4.74 Å². The fourth-order valence-electron chi connectivity index (χ4n) is 3.02. The third-order valence-electron chi connectivity index (χ3n) is 4.51. The van der Waals surface area contributed by atoms with E-state index in [1.807, 2.05) is 13.8 Å². The van der Waals surface area contributed by atoms with Gasteiger partial charge in [0.2, 0.25) is 0 Å². The number of nitrogens with one attached hydrogen (secondary N) is 1. The molecule has 2 aliphatic rings. The summed E-state index contributed by atoms with van der Waals surface area (Å²) in [5.41, 5.74) is -0.420. The first kappa shape index (κ1) is 16.0. The van der Waals surface area contributed by atoms with Crippen molar-refractivity contribution in [2.75, 3.05) is 25.0 Å². The van der Waals surface area contributed by atoms with Crippen molar-refractivity contribution in [3.63, 3.8) is 0 Å². The predicted octanol–water partition coefficient (Wildman–Crippen LogP) is 1.43. The number of anilines is 1. The van der Waals surface area contributed by atoms with Crippen LogP contribution >= 0.6 is 0 Å². The van der Waals surface area contributed by atoms with E-state index in [1.54, 1.807) is 21.8 Å². The normalized spacial score (nSPS) is 21.8. The van der Waals surface area contributed by atoms with Crippen molar-refractivity contribution in [2.45, 2.75) is 45.3 Å². The van der Waals surface area contributed by atoms with Gasteiger partial charge in [0.05, 0.1) is 24.4 Å². The van der Waals surface area contributed by atoms with Crippen molar-refractivity contribution in [1.82, 2.24) is 14.7 Å². The monoisotopic (exact) mass is 320 g/mol. The minimum absolute atomic E-state index is 0.234. The molecular formula is C16H24N4O3. The van der Waals surface area contributed by atoms with E-state index in [0.29, 0.717) is 31.4 Å². The van der Waals surface area contributed by atoms with Crippen LogP contribution in [0.15, 0.2) is 12.3 Å². The largest absolute Gasteiger partial charge is 0.372 e. The van der Waals surface area contributed by atoms with E-state index in [0.717, 1.165) is 0 Å². The molecule has 1 aromatic heterocycles. The molecule has 2 heterocycles. The highest BCUT2D eigenvalue weighted by atomic mass is 16.5. The molecular weight excluding hydrogens is 296 g/mol. The number of carbonyl (C=O) groups excluding carboxylic acids is 2. The van der Waals surface area contributed by atoms with E-state index >= 15 is 0 Å². The molecule has 0 spiro atoms. The fourth-order valence-corrected chi connectivity index (χ4v) is 3.02. The van der Waals surface area contributed by atoms with Crippen LogP contribution in [0, 0.1) is 5.92 Å². The first-order valence-electron chi connectivity index (χ1n) is 8.15. The van der Waals surface area contributed by atoms with Gasteiger partial charge in [-0.2, -0.15) is 5.10 Å². The van der Waals surface area contributed by atoms with Crippen LogP contribution in [-0.4, -0.2) is 51.8 Å². The summed E-state index contributed by atoms with van der Waals surface area (Å²) in [4.78, 5) is 26.2. The SMILES string of the molecule is C[C@@H](C1CC1)n1nccc1NC(=O)C(=O)N1CCOC(C)(C)C1. The van der Waals surface area contributed by atoms with Gasteiger partial charge in [0, 0.05) is 19.2 Å². The minimum atomic E-state index is -0.618. The molecule has 7 nitrogen and oxygen atoms in total. The number of carbonyl (C=O) groups is 2. The zero-order valence-electron chi connectivity index (χ0n) is 13.9. The van der Waals surface area contributed by atoms with Crippen LogP contribution in [0.1, 0.15) is 39.7 Å². The molecule has 1 saturated heterocycles. The van der Waals surface area contributed by atoms with Gasteiger partial charge in [-0.05, 0) is 39.5 Å². The van der Waals surface area contributed by atoms with Crippen LogP contribution in [-0.2, 0) is 14.3 Å². The smallest absolute Gasteiger partial charge is 0.315 e. The fraction of sp³-hybridized carbons (Fsp3) is 0.688. The highest BCUT2D eigenvalue weighted by Gasteiger charge is 2.34. The lowest BCUT2D eigenvalue weighted by molar-refractivity contribution is -0.153. The van der Waals surface area contributed by atoms with E-state index < -0.39 is 17.4 Å². The molecule has 3 rings (SSSR count). The van der Waals surface area contributed by atoms with Gasteiger partial charge in [0.25, 0.3) is 0 Å². The maximum absolute atomic E-state index is 12.4. The van der Waals surface area contributed by atoms with E-state index in [9.17, 15) is 9.59 Å². The number of ether oxygens (including phenoxy) is 1. The Labute approximate surface area is 136 Å². The van der Waals surface area contributed by atoms with Gasteiger partial charge >= 0.3 is 11.8 Å². The average Bonchev–Trinajstić information content (AvgIpc) is 3.25. The van der Waals surface area contributed by atoms with Crippen molar-refractivity contribution in [3.8, 4) is 0 Å². The topological polar surface area (TPSA) is 76.5 Å². The molecule has 0 aromatic carbocycles. The van der Waals surface area contributed by atoms with Gasteiger partial charge < -0.3 is 15.0 Å². The zero-order chi connectivity index (χ0) is 16.6. The Morgan fingerprint density at radius 3 is 2.83 bits per heavy atom. The van der Waals surface area contributed by atoms with E-state index in [1.165, 1.54) is 12.8 Å². The minimum Gasteiger partial charge on any atom is -0.372 e. The van der Waals surface area contributed by atoms with Crippen LogP contribution in [0.2, 0.25) is 0 Å². The Morgan fingerprint density at radius 2 is 2.17 bits per heavy atom. The van der Waals surface area contributed by atoms with Crippen molar-refractivity contribution in [2.24, 2.45) is 5.92 Å². The molecule has 23 heavy (non-hydrogen) atoms. The van der Waals surface area contributed by atoms with Gasteiger partial charge in [0.1, 0.15) is 5.82 Å². The lowest BCUT2D eigenvalue weighted by Gasteiger charge is -2.37.